The Balaban J connectivity index is 2.25. The van der Waals surface area contributed by atoms with Crippen molar-refractivity contribution in [2.75, 3.05) is 12.4 Å². The molecule has 98 valence electrons. The zero-order valence-corrected chi connectivity index (χ0v) is 12.2. The Morgan fingerprint density at radius 1 is 1.32 bits per heavy atom. The SMILES string of the molecule is COc1ccc(Br)c(C(=O)Nc2cc(C)ccn2)c1. The number of nitrogens with zero attached hydrogens (tertiary/aromatic N) is 1. The van der Waals surface area contributed by atoms with Crippen LogP contribution in [0.25, 0.3) is 0 Å². The standard InChI is InChI=1S/C14H13BrN2O2/c1-9-5-6-16-13(7-9)17-14(18)11-8-10(19-2)3-4-12(11)15/h3-8H,1-2H3,(H,16,17,18). The number of hydrogen-bond donors (Lipinski definition) is 1. The molecule has 0 bridgehead atoms. The molecule has 0 aliphatic carbocycles. The molecule has 1 aromatic heterocycles. The third-order valence-electron chi connectivity index (χ3n) is 2.58. The van der Waals surface area contributed by atoms with E-state index < -0.39 is 0 Å². The Bertz CT molecular complexity index is 614. The van der Waals surface area contributed by atoms with Crippen molar-refractivity contribution in [2.45, 2.75) is 6.92 Å². The smallest absolute Gasteiger partial charge is 0.258 e. The second kappa shape index (κ2) is 5.84. The van der Waals surface area contributed by atoms with Crippen molar-refractivity contribution < 1.29 is 9.53 Å². The molecule has 0 spiro atoms. The Hall–Kier alpha value is -1.88. The summed E-state index contributed by atoms with van der Waals surface area (Å²) in [6, 6.07) is 8.92. The van der Waals surface area contributed by atoms with E-state index in [1.54, 1.807) is 31.5 Å². The van der Waals surface area contributed by atoms with Gasteiger partial charge in [-0.3, -0.25) is 4.79 Å². The zero-order chi connectivity index (χ0) is 13.8. The van der Waals surface area contributed by atoms with Crippen molar-refractivity contribution in [3.05, 3.63) is 52.1 Å². The molecule has 0 saturated carbocycles. The van der Waals surface area contributed by atoms with E-state index in [0.29, 0.717) is 21.6 Å². The number of ether oxygens (including phenoxy) is 1. The molecule has 0 saturated heterocycles. The van der Waals surface area contributed by atoms with Crippen LogP contribution in [0.5, 0.6) is 5.75 Å². The molecule has 0 radical (unpaired) electrons. The lowest BCUT2D eigenvalue weighted by molar-refractivity contribution is 0.102. The molecular weight excluding hydrogens is 308 g/mol. The summed E-state index contributed by atoms with van der Waals surface area (Å²) < 4.78 is 5.82. The highest BCUT2D eigenvalue weighted by molar-refractivity contribution is 9.10. The topological polar surface area (TPSA) is 51.2 Å². The van der Waals surface area contributed by atoms with Crippen molar-refractivity contribution in [1.82, 2.24) is 4.98 Å². The Morgan fingerprint density at radius 3 is 2.79 bits per heavy atom. The highest BCUT2D eigenvalue weighted by Gasteiger charge is 2.12. The number of carbonyl (C=O) groups is 1. The van der Waals surface area contributed by atoms with Crippen LogP contribution in [-0.4, -0.2) is 18.0 Å². The number of carbonyl (C=O) groups excluding carboxylic acids is 1. The number of pyridine rings is 1. The molecule has 4 nitrogen and oxygen atoms in total. The minimum absolute atomic E-state index is 0.233. The van der Waals surface area contributed by atoms with E-state index in [1.165, 1.54) is 0 Å². The van der Waals surface area contributed by atoms with E-state index in [-0.39, 0.29) is 5.91 Å². The van der Waals surface area contributed by atoms with E-state index in [9.17, 15) is 4.79 Å². The average Bonchev–Trinajstić information content (AvgIpc) is 2.39. The molecule has 0 atom stereocenters. The first-order chi connectivity index (χ1) is 9.10. The molecule has 1 amide bonds. The molecule has 0 unspecified atom stereocenters. The first-order valence-corrected chi connectivity index (χ1v) is 6.47. The van der Waals surface area contributed by atoms with Gasteiger partial charge in [-0.2, -0.15) is 0 Å². The van der Waals surface area contributed by atoms with Crippen LogP contribution in [0.2, 0.25) is 0 Å². The minimum atomic E-state index is -0.233. The summed E-state index contributed by atoms with van der Waals surface area (Å²) in [5.41, 5.74) is 1.54. The molecule has 5 heteroatoms. The van der Waals surface area contributed by atoms with Crippen LogP contribution >= 0.6 is 15.9 Å². The Morgan fingerprint density at radius 2 is 2.11 bits per heavy atom. The average molecular weight is 321 g/mol. The van der Waals surface area contributed by atoms with Gasteiger partial charge in [-0.15, -0.1) is 0 Å². The summed E-state index contributed by atoms with van der Waals surface area (Å²) in [4.78, 5) is 16.3. The van der Waals surface area contributed by atoms with Gasteiger partial charge >= 0.3 is 0 Å². The van der Waals surface area contributed by atoms with Crippen molar-refractivity contribution >= 4 is 27.7 Å². The second-order valence-corrected chi connectivity index (χ2v) is 4.87. The number of aryl methyl sites for hydroxylation is 1. The number of amides is 1. The fourth-order valence-electron chi connectivity index (χ4n) is 1.59. The number of benzene rings is 1. The third kappa shape index (κ3) is 3.32. The molecular formula is C14H13BrN2O2. The van der Waals surface area contributed by atoms with Crippen LogP contribution < -0.4 is 10.1 Å². The molecule has 0 fully saturated rings. The molecule has 19 heavy (non-hydrogen) atoms. The Kier molecular flexibility index (Phi) is 4.16. The van der Waals surface area contributed by atoms with Gasteiger partial charge in [-0.25, -0.2) is 4.98 Å². The monoisotopic (exact) mass is 320 g/mol. The normalized spacial score (nSPS) is 10.1. The van der Waals surface area contributed by atoms with E-state index in [0.717, 1.165) is 5.56 Å². The molecule has 0 aliphatic rings. The maximum atomic E-state index is 12.2. The highest BCUT2D eigenvalue weighted by atomic mass is 79.9. The van der Waals surface area contributed by atoms with Crippen molar-refractivity contribution in [1.29, 1.82) is 0 Å². The maximum Gasteiger partial charge on any atom is 0.258 e. The highest BCUT2D eigenvalue weighted by Crippen LogP contribution is 2.23. The number of rotatable bonds is 3. The first kappa shape index (κ1) is 13.5. The fraction of sp³-hybridized carbons (Fsp3) is 0.143. The molecule has 0 aliphatic heterocycles. The third-order valence-corrected chi connectivity index (χ3v) is 3.27. The van der Waals surface area contributed by atoms with Gasteiger partial charge in [0.2, 0.25) is 0 Å². The number of hydrogen-bond acceptors (Lipinski definition) is 3. The summed E-state index contributed by atoms with van der Waals surface area (Å²) in [6.07, 6.45) is 1.66. The van der Waals surface area contributed by atoms with Gasteiger partial charge in [0, 0.05) is 10.7 Å². The van der Waals surface area contributed by atoms with Gasteiger partial charge in [0.1, 0.15) is 11.6 Å². The first-order valence-electron chi connectivity index (χ1n) is 5.67. The lowest BCUT2D eigenvalue weighted by Gasteiger charge is -2.08. The number of aromatic nitrogens is 1. The van der Waals surface area contributed by atoms with Gasteiger partial charge in [0.15, 0.2) is 0 Å². The fourth-order valence-corrected chi connectivity index (χ4v) is 2.02. The van der Waals surface area contributed by atoms with Gasteiger partial charge in [-0.1, -0.05) is 0 Å². The molecule has 2 aromatic rings. The van der Waals surface area contributed by atoms with Gasteiger partial charge < -0.3 is 10.1 Å². The Labute approximate surface area is 119 Å². The van der Waals surface area contributed by atoms with E-state index in [2.05, 4.69) is 26.2 Å². The molecule has 1 N–H and O–H groups in total. The van der Waals surface area contributed by atoms with Crippen LogP contribution in [-0.2, 0) is 0 Å². The van der Waals surface area contributed by atoms with Crippen LogP contribution in [0, 0.1) is 6.92 Å². The summed E-state index contributed by atoms with van der Waals surface area (Å²) in [5.74, 6) is 0.925. The zero-order valence-electron chi connectivity index (χ0n) is 10.6. The van der Waals surface area contributed by atoms with E-state index in [4.69, 9.17) is 4.74 Å². The molecule has 1 aromatic carbocycles. The van der Waals surface area contributed by atoms with Gasteiger partial charge in [0.05, 0.1) is 12.7 Å². The summed E-state index contributed by atoms with van der Waals surface area (Å²) >= 11 is 3.35. The lowest BCUT2D eigenvalue weighted by atomic mass is 10.2. The molecule has 2 rings (SSSR count). The summed E-state index contributed by atoms with van der Waals surface area (Å²) in [5, 5.41) is 2.76. The molecule has 1 heterocycles. The number of anilines is 1. The van der Waals surface area contributed by atoms with E-state index in [1.807, 2.05) is 19.1 Å². The predicted molar refractivity (Wildman–Crippen MR) is 77.6 cm³/mol. The lowest BCUT2D eigenvalue weighted by Crippen LogP contribution is -2.13. The summed E-state index contributed by atoms with van der Waals surface area (Å²) in [6.45, 7) is 1.94. The summed E-state index contributed by atoms with van der Waals surface area (Å²) in [7, 11) is 1.56. The second-order valence-electron chi connectivity index (χ2n) is 4.02. The minimum Gasteiger partial charge on any atom is -0.497 e. The predicted octanol–water partition coefficient (Wildman–Crippen LogP) is 3.41. The van der Waals surface area contributed by atoms with Crippen molar-refractivity contribution in [2.24, 2.45) is 0 Å². The van der Waals surface area contributed by atoms with Crippen LogP contribution in [0.15, 0.2) is 41.0 Å². The van der Waals surface area contributed by atoms with Gasteiger partial charge in [-0.05, 0) is 58.7 Å². The van der Waals surface area contributed by atoms with Crippen LogP contribution in [0.1, 0.15) is 15.9 Å². The van der Waals surface area contributed by atoms with E-state index >= 15 is 0 Å². The van der Waals surface area contributed by atoms with Crippen molar-refractivity contribution in [3.8, 4) is 5.75 Å². The largest absolute Gasteiger partial charge is 0.497 e. The van der Waals surface area contributed by atoms with Crippen molar-refractivity contribution in [3.63, 3.8) is 0 Å². The number of halogens is 1. The van der Waals surface area contributed by atoms with Gasteiger partial charge in [0.25, 0.3) is 5.91 Å². The quantitative estimate of drug-likeness (QED) is 0.942. The number of methoxy groups -OCH3 is 1. The maximum absolute atomic E-state index is 12.2. The number of nitrogens with one attached hydrogen (secondary N) is 1. The van der Waals surface area contributed by atoms with Crippen LogP contribution in [0.4, 0.5) is 5.82 Å². The van der Waals surface area contributed by atoms with Crippen LogP contribution in [0.3, 0.4) is 0 Å².